The standard InChI is InChI=1S/C10H9Br2F2NO2/c1-2-17-6(16)3-5-4-15-9(12)7(8(5)11)10(13)14/h4,10H,2-3H2,1H3. The molecule has 0 atom stereocenters. The van der Waals surface area contributed by atoms with Crippen LogP contribution in [0, 0.1) is 0 Å². The average molecular weight is 373 g/mol. The fourth-order valence-corrected chi connectivity index (χ4v) is 2.54. The molecular weight excluding hydrogens is 364 g/mol. The number of nitrogens with zero attached hydrogens (tertiary/aromatic N) is 1. The quantitative estimate of drug-likeness (QED) is 0.598. The van der Waals surface area contributed by atoms with E-state index in [1.807, 2.05) is 0 Å². The van der Waals surface area contributed by atoms with Gasteiger partial charge in [0.15, 0.2) is 0 Å². The molecule has 0 N–H and O–H groups in total. The summed E-state index contributed by atoms with van der Waals surface area (Å²) in [4.78, 5) is 15.0. The topological polar surface area (TPSA) is 39.2 Å². The van der Waals surface area contributed by atoms with Crippen LogP contribution in [0.25, 0.3) is 0 Å². The summed E-state index contributed by atoms with van der Waals surface area (Å²) >= 11 is 6.00. The van der Waals surface area contributed by atoms with E-state index in [0.29, 0.717) is 5.56 Å². The van der Waals surface area contributed by atoms with Crippen LogP contribution in [0.15, 0.2) is 15.3 Å². The van der Waals surface area contributed by atoms with Crippen LogP contribution >= 0.6 is 31.9 Å². The van der Waals surface area contributed by atoms with E-state index in [2.05, 4.69) is 36.8 Å². The molecule has 1 aromatic heterocycles. The second-order valence-electron chi connectivity index (χ2n) is 3.08. The molecule has 1 aromatic rings. The van der Waals surface area contributed by atoms with Crippen LogP contribution < -0.4 is 0 Å². The van der Waals surface area contributed by atoms with Crippen molar-refractivity contribution in [3.8, 4) is 0 Å². The van der Waals surface area contributed by atoms with Crippen molar-refractivity contribution in [1.29, 1.82) is 0 Å². The van der Waals surface area contributed by atoms with E-state index in [-0.39, 0.29) is 27.7 Å². The fraction of sp³-hybridized carbons (Fsp3) is 0.400. The molecule has 0 spiro atoms. The maximum Gasteiger partial charge on any atom is 0.310 e. The largest absolute Gasteiger partial charge is 0.466 e. The summed E-state index contributed by atoms with van der Waals surface area (Å²) in [5.41, 5.74) is 0.119. The third-order valence-corrected chi connectivity index (χ3v) is 3.50. The molecule has 1 rings (SSSR count). The van der Waals surface area contributed by atoms with Gasteiger partial charge in [0.05, 0.1) is 18.6 Å². The highest BCUT2D eigenvalue weighted by Crippen LogP contribution is 2.34. The molecule has 0 bridgehead atoms. The van der Waals surface area contributed by atoms with Crippen molar-refractivity contribution in [2.75, 3.05) is 6.61 Å². The second-order valence-corrected chi connectivity index (χ2v) is 4.63. The predicted octanol–water partition coefficient (Wildman–Crippen LogP) is 3.65. The van der Waals surface area contributed by atoms with Crippen molar-refractivity contribution in [2.24, 2.45) is 0 Å². The first-order chi connectivity index (χ1) is 7.97. The number of hydrogen-bond acceptors (Lipinski definition) is 3. The van der Waals surface area contributed by atoms with Crippen molar-refractivity contribution < 1.29 is 18.3 Å². The van der Waals surface area contributed by atoms with Gasteiger partial charge in [-0.1, -0.05) is 0 Å². The Morgan fingerprint density at radius 3 is 2.71 bits per heavy atom. The highest BCUT2D eigenvalue weighted by molar-refractivity contribution is 9.11. The van der Waals surface area contributed by atoms with Crippen LogP contribution in [-0.2, 0) is 16.0 Å². The van der Waals surface area contributed by atoms with Crippen LogP contribution in [-0.4, -0.2) is 17.6 Å². The molecule has 7 heteroatoms. The van der Waals surface area contributed by atoms with Gasteiger partial charge in [0, 0.05) is 10.7 Å². The van der Waals surface area contributed by atoms with Crippen molar-refractivity contribution in [3.63, 3.8) is 0 Å². The van der Waals surface area contributed by atoms with Gasteiger partial charge >= 0.3 is 5.97 Å². The number of halogens is 4. The Morgan fingerprint density at radius 2 is 2.18 bits per heavy atom. The summed E-state index contributed by atoms with van der Waals surface area (Å²) in [6.07, 6.45) is -1.40. The highest BCUT2D eigenvalue weighted by atomic mass is 79.9. The van der Waals surface area contributed by atoms with Gasteiger partial charge in [-0.2, -0.15) is 0 Å². The number of carbonyl (C=O) groups is 1. The first-order valence-corrected chi connectivity index (χ1v) is 6.32. The van der Waals surface area contributed by atoms with Crippen LogP contribution in [0.3, 0.4) is 0 Å². The Bertz CT molecular complexity index is 427. The summed E-state index contributed by atoms with van der Waals surface area (Å²) in [5.74, 6) is -0.475. The lowest BCUT2D eigenvalue weighted by molar-refractivity contribution is -0.142. The normalized spacial score (nSPS) is 10.7. The number of aromatic nitrogens is 1. The highest BCUT2D eigenvalue weighted by Gasteiger charge is 2.20. The van der Waals surface area contributed by atoms with Gasteiger partial charge < -0.3 is 4.74 Å². The van der Waals surface area contributed by atoms with E-state index < -0.39 is 12.4 Å². The number of hydrogen-bond donors (Lipinski definition) is 0. The summed E-state index contributed by atoms with van der Waals surface area (Å²) in [6, 6.07) is 0. The van der Waals surface area contributed by atoms with Crippen molar-refractivity contribution >= 4 is 37.8 Å². The number of carbonyl (C=O) groups excluding carboxylic acids is 1. The van der Waals surface area contributed by atoms with Gasteiger partial charge in [0.2, 0.25) is 0 Å². The fourth-order valence-electron chi connectivity index (χ4n) is 1.20. The molecule has 0 fully saturated rings. The first kappa shape index (κ1) is 14.5. The minimum atomic E-state index is -2.67. The van der Waals surface area contributed by atoms with Gasteiger partial charge in [0.1, 0.15) is 4.60 Å². The van der Waals surface area contributed by atoms with Crippen LogP contribution in [0.4, 0.5) is 8.78 Å². The molecule has 0 amide bonds. The van der Waals surface area contributed by atoms with E-state index in [9.17, 15) is 13.6 Å². The minimum absolute atomic E-state index is 0.0620. The average Bonchev–Trinajstić information content (AvgIpc) is 2.22. The molecule has 0 unspecified atom stereocenters. The molecule has 0 radical (unpaired) electrons. The van der Waals surface area contributed by atoms with E-state index in [4.69, 9.17) is 4.74 Å². The molecular formula is C10H9Br2F2NO2. The van der Waals surface area contributed by atoms with Gasteiger partial charge in [-0.3, -0.25) is 4.79 Å². The minimum Gasteiger partial charge on any atom is -0.466 e. The molecule has 0 aliphatic carbocycles. The molecule has 0 aliphatic heterocycles. The molecule has 0 aromatic carbocycles. The Morgan fingerprint density at radius 1 is 1.53 bits per heavy atom. The summed E-state index contributed by atoms with van der Waals surface area (Å²) in [5, 5.41) is 0. The zero-order chi connectivity index (χ0) is 13.0. The van der Waals surface area contributed by atoms with E-state index >= 15 is 0 Å². The Balaban J connectivity index is 3.02. The maximum absolute atomic E-state index is 12.7. The maximum atomic E-state index is 12.7. The third-order valence-electron chi connectivity index (χ3n) is 1.93. The van der Waals surface area contributed by atoms with E-state index in [1.54, 1.807) is 6.92 Å². The summed E-state index contributed by atoms with van der Waals surface area (Å²) in [7, 11) is 0. The number of esters is 1. The number of ether oxygens (including phenoxy) is 1. The third kappa shape index (κ3) is 3.70. The molecule has 17 heavy (non-hydrogen) atoms. The monoisotopic (exact) mass is 371 g/mol. The van der Waals surface area contributed by atoms with Crippen molar-refractivity contribution in [2.45, 2.75) is 19.8 Å². The van der Waals surface area contributed by atoms with Gasteiger partial charge in [0.25, 0.3) is 6.43 Å². The van der Waals surface area contributed by atoms with Crippen molar-refractivity contribution in [3.05, 3.63) is 26.4 Å². The number of pyridine rings is 1. The van der Waals surface area contributed by atoms with Gasteiger partial charge in [-0.25, -0.2) is 13.8 Å². The lowest BCUT2D eigenvalue weighted by atomic mass is 10.1. The molecule has 94 valence electrons. The summed E-state index contributed by atoms with van der Waals surface area (Å²) in [6.45, 7) is 1.93. The van der Waals surface area contributed by atoms with Gasteiger partial charge in [-0.15, -0.1) is 0 Å². The lowest BCUT2D eigenvalue weighted by Crippen LogP contribution is -2.09. The molecule has 3 nitrogen and oxygen atoms in total. The molecule has 1 heterocycles. The summed E-state index contributed by atoms with van der Waals surface area (Å²) < 4.78 is 30.5. The number of alkyl halides is 2. The molecule has 0 aliphatic rings. The van der Waals surface area contributed by atoms with Gasteiger partial charge in [-0.05, 0) is 44.3 Å². The smallest absolute Gasteiger partial charge is 0.310 e. The van der Waals surface area contributed by atoms with Crippen molar-refractivity contribution in [1.82, 2.24) is 4.98 Å². The molecule has 0 saturated carbocycles. The predicted molar refractivity (Wildman–Crippen MR) is 64.9 cm³/mol. The number of rotatable bonds is 4. The SMILES string of the molecule is CCOC(=O)Cc1cnc(Br)c(C(F)F)c1Br. The van der Waals surface area contributed by atoms with Crippen LogP contribution in [0.1, 0.15) is 24.5 Å². The Hall–Kier alpha value is -0.560. The zero-order valence-electron chi connectivity index (χ0n) is 8.84. The van der Waals surface area contributed by atoms with Crippen LogP contribution in [0.2, 0.25) is 0 Å². The van der Waals surface area contributed by atoms with E-state index in [1.165, 1.54) is 6.20 Å². The Labute approximate surface area is 114 Å². The van der Waals surface area contributed by atoms with E-state index in [0.717, 1.165) is 0 Å². The second kappa shape index (κ2) is 6.39. The molecule has 0 saturated heterocycles. The zero-order valence-corrected chi connectivity index (χ0v) is 12.0. The lowest BCUT2D eigenvalue weighted by Gasteiger charge is -2.10. The Kier molecular flexibility index (Phi) is 5.45. The van der Waals surface area contributed by atoms with Crippen LogP contribution in [0.5, 0.6) is 0 Å². The first-order valence-electron chi connectivity index (χ1n) is 4.73.